The van der Waals surface area contributed by atoms with Crippen molar-refractivity contribution in [3.63, 3.8) is 0 Å². The van der Waals surface area contributed by atoms with Crippen LogP contribution in [-0.4, -0.2) is 29.1 Å². The first-order chi connectivity index (χ1) is 6.70. The van der Waals surface area contributed by atoms with Gasteiger partial charge in [-0.15, -0.1) is 0 Å². The predicted octanol–water partition coefficient (Wildman–Crippen LogP) is 1.72. The van der Waals surface area contributed by atoms with Crippen molar-refractivity contribution in [2.45, 2.75) is 6.23 Å². The Kier molecular flexibility index (Phi) is 2.27. The molecule has 3 heteroatoms. The van der Waals surface area contributed by atoms with Gasteiger partial charge < -0.3 is 10.1 Å². The van der Waals surface area contributed by atoms with E-state index in [2.05, 4.69) is 4.98 Å². The maximum atomic E-state index is 9.89. The number of rotatable bonds is 2. The van der Waals surface area contributed by atoms with E-state index in [-0.39, 0.29) is 0 Å². The van der Waals surface area contributed by atoms with Gasteiger partial charge in [-0.3, -0.25) is 4.90 Å². The highest BCUT2D eigenvalue weighted by Crippen LogP contribution is 2.24. The van der Waals surface area contributed by atoms with Gasteiger partial charge in [0, 0.05) is 22.7 Å². The number of H-pyrrole nitrogens is 1. The van der Waals surface area contributed by atoms with Crippen molar-refractivity contribution < 1.29 is 5.11 Å². The minimum Gasteiger partial charge on any atom is -0.374 e. The van der Waals surface area contributed by atoms with Crippen molar-refractivity contribution in [2.24, 2.45) is 0 Å². The molecular formula is C11H14N2O. The van der Waals surface area contributed by atoms with E-state index >= 15 is 0 Å². The van der Waals surface area contributed by atoms with Crippen LogP contribution in [0, 0.1) is 0 Å². The van der Waals surface area contributed by atoms with Gasteiger partial charge in [-0.1, -0.05) is 18.2 Å². The minimum absolute atomic E-state index is 0.550. The number of aliphatic hydroxyl groups is 1. The van der Waals surface area contributed by atoms with Crippen LogP contribution in [0.5, 0.6) is 0 Å². The lowest BCUT2D eigenvalue weighted by atomic mass is 10.1. The van der Waals surface area contributed by atoms with Gasteiger partial charge in [-0.05, 0) is 20.2 Å². The first-order valence-corrected chi connectivity index (χ1v) is 4.60. The van der Waals surface area contributed by atoms with Crippen LogP contribution in [0.25, 0.3) is 10.9 Å². The molecule has 0 radical (unpaired) electrons. The molecule has 74 valence electrons. The van der Waals surface area contributed by atoms with E-state index in [4.69, 9.17) is 0 Å². The Morgan fingerprint density at radius 1 is 1.29 bits per heavy atom. The fourth-order valence-corrected chi connectivity index (χ4v) is 1.59. The molecule has 0 bridgehead atoms. The molecule has 0 aliphatic rings. The zero-order chi connectivity index (χ0) is 10.1. The molecule has 1 atom stereocenters. The Bertz CT molecular complexity index is 434. The number of aromatic nitrogens is 1. The van der Waals surface area contributed by atoms with Crippen LogP contribution in [0.3, 0.4) is 0 Å². The topological polar surface area (TPSA) is 39.3 Å². The summed E-state index contributed by atoms with van der Waals surface area (Å²) < 4.78 is 0. The number of benzene rings is 1. The van der Waals surface area contributed by atoms with Crippen LogP contribution >= 0.6 is 0 Å². The number of aromatic amines is 1. The fourth-order valence-electron chi connectivity index (χ4n) is 1.59. The van der Waals surface area contributed by atoms with Gasteiger partial charge in [0.15, 0.2) is 0 Å². The third kappa shape index (κ3) is 1.41. The normalized spacial score (nSPS) is 13.7. The Labute approximate surface area is 83.0 Å². The molecule has 0 spiro atoms. The minimum atomic E-state index is -0.550. The summed E-state index contributed by atoms with van der Waals surface area (Å²) in [4.78, 5) is 4.91. The monoisotopic (exact) mass is 190 g/mol. The standard InChI is InChI=1S/C11H14N2O/c1-13(2)11(14)9-7-12-10-6-4-3-5-8(9)10/h3-7,11-12,14H,1-2H3. The number of nitrogens with one attached hydrogen (secondary N) is 1. The molecule has 0 aliphatic carbocycles. The Balaban J connectivity index is 2.53. The largest absolute Gasteiger partial charge is 0.374 e. The lowest BCUT2D eigenvalue weighted by molar-refractivity contribution is 0.0408. The highest BCUT2D eigenvalue weighted by atomic mass is 16.3. The summed E-state index contributed by atoms with van der Waals surface area (Å²) in [5, 5.41) is 11.0. The number of fused-ring (bicyclic) bond motifs is 1. The average molecular weight is 190 g/mol. The van der Waals surface area contributed by atoms with E-state index in [1.807, 2.05) is 44.6 Å². The van der Waals surface area contributed by atoms with Gasteiger partial charge in [0.05, 0.1) is 0 Å². The Morgan fingerprint density at radius 2 is 2.00 bits per heavy atom. The van der Waals surface area contributed by atoms with Gasteiger partial charge >= 0.3 is 0 Å². The van der Waals surface area contributed by atoms with E-state index in [9.17, 15) is 5.11 Å². The van der Waals surface area contributed by atoms with Gasteiger partial charge in [0.1, 0.15) is 6.23 Å². The smallest absolute Gasteiger partial charge is 0.135 e. The molecule has 2 N–H and O–H groups in total. The Morgan fingerprint density at radius 3 is 2.71 bits per heavy atom. The van der Waals surface area contributed by atoms with E-state index in [1.54, 1.807) is 4.90 Å². The summed E-state index contributed by atoms with van der Waals surface area (Å²) in [6.07, 6.45) is 1.31. The molecule has 3 nitrogen and oxygen atoms in total. The molecule has 1 heterocycles. The molecule has 0 saturated carbocycles. The van der Waals surface area contributed by atoms with Gasteiger partial charge in [-0.25, -0.2) is 0 Å². The lowest BCUT2D eigenvalue weighted by Crippen LogP contribution is -2.18. The maximum Gasteiger partial charge on any atom is 0.135 e. The third-order valence-corrected chi connectivity index (χ3v) is 2.39. The van der Waals surface area contributed by atoms with Crippen LogP contribution < -0.4 is 0 Å². The zero-order valence-corrected chi connectivity index (χ0v) is 8.36. The number of para-hydroxylation sites is 1. The first kappa shape index (κ1) is 9.24. The first-order valence-electron chi connectivity index (χ1n) is 4.60. The number of hydrogen-bond acceptors (Lipinski definition) is 2. The summed E-state index contributed by atoms with van der Waals surface area (Å²) in [6.45, 7) is 0. The second-order valence-corrected chi connectivity index (χ2v) is 3.63. The quantitative estimate of drug-likeness (QED) is 0.708. The number of aliphatic hydroxyl groups excluding tert-OH is 1. The maximum absolute atomic E-state index is 9.89. The molecule has 0 fully saturated rings. The molecule has 0 amide bonds. The van der Waals surface area contributed by atoms with Gasteiger partial charge in [0.2, 0.25) is 0 Å². The zero-order valence-electron chi connectivity index (χ0n) is 8.36. The van der Waals surface area contributed by atoms with E-state index in [0.29, 0.717) is 0 Å². The summed E-state index contributed by atoms with van der Waals surface area (Å²) >= 11 is 0. The van der Waals surface area contributed by atoms with E-state index in [1.165, 1.54) is 0 Å². The lowest BCUT2D eigenvalue weighted by Gasteiger charge is -2.17. The highest BCUT2D eigenvalue weighted by molar-refractivity contribution is 5.83. The fraction of sp³-hybridized carbons (Fsp3) is 0.273. The van der Waals surface area contributed by atoms with E-state index < -0.39 is 6.23 Å². The SMILES string of the molecule is CN(C)C(O)c1c[nH]c2ccccc12. The predicted molar refractivity (Wildman–Crippen MR) is 56.9 cm³/mol. The van der Waals surface area contributed by atoms with Crippen LogP contribution in [0.1, 0.15) is 11.8 Å². The molecule has 0 aliphatic heterocycles. The van der Waals surface area contributed by atoms with Crippen LogP contribution in [0.15, 0.2) is 30.5 Å². The van der Waals surface area contributed by atoms with Crippen LogP contribution in [0.2, 0.25) is 0 Å². The van der Waals surface area contributed by atoms with Crippen molar-refractivity contribution >= 4 is 10.9 Å². The summed E-state index contributed by atoms with van der Waals surface area (Å²) in [7, 11) is 3.71. The summed E-state index contributed by atoms with van der Waals surface area (Å²) in [6, 6.07) is 7.96. The summed E-state index contributed by atoms with van der Waals surface area (Å²) in [5.41, 5.74) is 1.98. The number of nitrogens with zero attached hydrogens (tertiary/aromatic N) is 1. The molecule has 2 aromatic rings. The molecule has 1 aromatic heterocycles. The molecular weight excluding hydrogens is 176 g/mol. The van der Waals surface area contributed by atoms with E-state index in [0.717, 1.165) is 16.5 Å². The average Bonchev–Trinajstić information content (AvgIpc) is 2.60. The van der Waals surface area contributed by atoms with Crippen molar-refractivity contribution in [1.29, 1.82) is 0 Å². The van der Waals surface area contributed by atoms with Crippen molar-refractivity contribution in [3.05, 3.63) is 36.0 Å². The molecule has 2 rings (SSSR count). The third-order valence-electron chi connectivity index (χ3n) is 2.39. The molecule has 1 aromatic carbocycles. The molecule has 1 unspecified atom stereocenters. The second kappa shape index (κ2) is 3.44. The van der Waals surface area contributed by atoms with Crippen LogP contribution in [0.4, 0.5) is 0 Å². The highest BCUT2D eigenvalue weighted by Gasteiger charge is 2.13. The van der Waals surface area contributed by atoms with Crippen LogP contribution in [-0.2, 0) is 0 Å². The number of hydrogen-bond donors (Lipinski definition) is 2. The Hall–Kier alpha value is -1.32. The van der Waals surface area contributed by atoms with Crippen molar-refractivity contribution in [2.75, 3.05) is 14.1 Å². The molecule has 0 saturated heterocycles. The molecule has 14 heavy (non-hydrogen) atoms. The van der Waals surface area contributed by atoms with Gasteiger partial charge in [-0.2, -0.15) is 0 Å². The van der Waals surface area contributed by atoms with Gasteiger partial charge in [0.25, 0.3) is 0 Å². The summed E-state index contributed by atoms with van der Waals surface area (Å²) in [5.74, 6) is 0. The van der Waals surface area contributed by atoms with Crippen molar-refractivity contribution in [3.8, 4) is 0 Å². The van der Waals surface area contributed by atoms with Crippen molar-refractivity contribution in [1.82, 2.24) is 9.88 Å². The second-order valence-electron chi connectivity index (χ2n) is 3.63.